The van der Waals surface area contributed by atoms with E-state index in [0.717, 1.165) is 24.1 Å². The fourth-order valence-corrected chi connectivity index (χ4v) is 11.5. The predicted octanol–water partition coefficient (Wildman–Crippen LogP) is 7.43. The van der Waals surface area contributed by atoms with Gasteiger partial charge < -0.3 is 4.42 Å². The quantitative estimate of drug-likeness (QED) is 0.0557. The maximum absolute atomic E-state index is 14.9. The Morgan fingerprint density at radius 3 is 1.48 bits per heavy atom. The number of pyridine rings is 2. The van der Waals surface area contributed by atoms with E-state index in [0.29, 0.717) is 108 Å². The third-order valence-corrected chi connectivity index (χ3v) is 13.8. The van der Waals surface area contributed by atoms with Crippen LogP contribution in [-0.2, 0) is 28.6 Å². The molecule has 0 fully saturated rings. The topological polar surface area (TPSA) is 193 Å². The third-order valence-electron chi connectivity index (χ3n) is 10.9. The number of benzene rings is 7. The number of rotatable bonds is 6. The summed E-state index contributed by atoms with van der Waals surface area (Å²) in [6.07, 6.45) is 0. The molecule has 0 aliphatic carbocycles. The molecule has 0 saturated carbocycles. The van der Waals surface area contributed by atoms with Gasteiger partial charge >= 0.3 is 0 Å². The van der Waals surface area contributed by atoms with Gasteiger partial charge in [-0.3, -0.25) is 18.4 Å². The molecular weight excluding hydrogens is 761 g/mol. The Balaban J connectivity index is 1.25. The average molecular weight is 773 g/mol. The molecule has 260 valence electrons. The molecule has 0 saturated heterocycles. The second-order valence-electron chi connectivity index (χ2n) is 13.2. The van der Waals surface area contributed by atoms with Crippen LogP contribution in [0.3, 0.4) is 0 Å². The first-order chi connectivity index (χ1) is 26.3. The largest absolute Gasteiger partial charge is 0.456 e. The smallest absolute Gasteiger partial charge is 0.264 e. The molecule has 0 atom stereocenters. The summed E-state index contributed by atoms with van der Waals surface area (Å²) < 4.78 is 48.4. The zero-order valence-corrected chi connectivity index (χ0v) is 28.8. The maximum atomic E-state index is 14.9. The fraction of sp³-hybridized carbons (Fsp3) is 0. The number of aromatic nitrogens is 4. The zero-order valence-electron chi connectivity index (χ0n) is 26.4. The highest BCUT2D eigenvalue weighted by Gasteiger charge is 2.39. The average Bonchev–Trinajstić information content (AvgIpc) is 3.92. The third kappa shape index (κ3) is 3.21. The molecule has 15 nitrogen and oxygen atoms in total. The second-order valence-corrected chi connectivity index (χ2v) is 16.6. The Kier molecular flexibility index (Phi) is 5.24. The minimum absolute atomic E-state index is 0.0619. The van der Waals surface area contributed by atoms with E-state index in [9.17, 15) is 18.0 Å². The first-order valence-electron chi connectivity index (χ1n) is 16.0. The Hall–Kier alpha value is -5.67. The van der Waals surface area contributed by atoms with Crippen molar-refractivity contribution in [2.24, 2.45) is 0 Å². The molecule has 5 aromatic heterocycles. The number of furan rings is 1. The van der Waals surface area contributed by atoms with E-state index in [1.165, 1.54) is 8.80 Å². The van der Waals surface area contributed by atoms with E-state index in [4.69, 9.17) is 24.9 Å². The molecule has 6 heterocycles. The minimum atomic E-state index is -4.18. The monoisotopic (exact) mass is 772 g/mol. The molecule has 12 aromatic rings. The summed E-state index contributed by atoms with van der Waals surface area (Å²) in [5.41, 5.74) is 2.32. The van der Waals surface area contributed by atoms with E-state index >= 15 is 0 Å². The van der Waals surface area contributed by atoms with Crippen LogP contribution < -0.4 is 11.1 Å². The van der Waals surface area contributed by atoms with Gasteiger partial charge in [-0.25, -0.2) is 28.9 Å². The number of imidazole rings is 2. The van der Waals surface area contributed by atoms with Crippen LogP contribution >= 0.6 is 24.1 Å². The van der Waals surface area contributed by atoms with Crippen LogP contribution in [0.4, 0.5) is 0 Å². The van der Waals surface area contributed by atoms with Gasteiger partial charge in [0.05, 0.1) is 66.7 Å². The van der Waals surface area contributed by atoms with Crippen molar-refractivity contribution in [3.63, 3.8) is 0 Å². The molecule has 18 heteroatoms. The number of nitrogens with zero attached hydrogens (tertiary/aromatic N) is 4. The van der Waals surface area contributed by atoms with Crippen LogP contribution in [0.25, 0.3) is 109 Å². The maximum Gasteiger partial charge on any atom is 0.264 e. The molecule has 1 aliphatic rings. The van der Waals surface area contributed by atoms with E-state index in [1.807, 2.05) is 0 Å². The van der Waals surface area contributed by atoms with E-state index < -0.39 is 21.0 Å². The SMILES string of the molecule is O=c1c2cc3oc4cc5c(=O)n6c7cc(SOOO)ccc7nc6c6cc7c8c9c(cc(c2c9c3c4c8c56)c2nc3ccc(SOOO)cc3n12)S7(=O)=O. The van der Waals surface area contributed by atoms with Crippen molar-refractivity contribution in [3.8, 4) is 0 Å². The van der Waals surface area contributed by atoms with Gasteiger partial charge in [0, 0.05) is 63.7 Å². The summed E-state index contributed by atoms with van der Waals surface area (Å²) in [6, 6.07) is 16.6. The fourth-order valence-electron chi connectivity index (χ4n) is 9.01. The molecule has 7 aromatic carbocycles. The zero-order chi connectivity index (χ0) is 36.1. The van der Waals surface area contributed by atoms with Gasteiger partial charge in [0.15, 0.2) is 0 Å². The predicted molar refractivity (Wildman–Crippen MR) is 198 cm³/mol. The van der Waals surface area contributed by atoms with Crippen molar-refractivity contribution in [1.82, 2.24) is 18.8 Å². The summed E-state index contributed by atoms with van der Waals surface area (Å²) in [4.78, 5) is 39.9. The number of fused-ring (bicyclic) bond motifs is 8. The van der Waals surface area contributed by atoms with Crippen LogP contribution in [0.2, 0.25) is 0 Å². The van der Waals surface area contributed by atoms with E-state index in [-0.39, 0.29) is 21.1 Å². The highest BCUT2D eigenvalue weighted by Crippen LogP contribution is 2.57. The van der Waals surface area contributed by atoms with Gasteiger partial charge in [-0.2, -0.15) is 0 Å². The number of sulfone groups is 1. The summed E-state index contributed by atoms with van der Waals surface area (Å²) in [7, 11) is -4.18. The van der Waals surface area contributed by atoms with Crippen LogP contribution in [0.1, 0.15) is 0 Å². The van der Waals surface area contributed by atoms with Gasteiger partial charge in [-0.1, -0.05) is 10.1 Å². The van der Waals surface area contributed by atoms with Gasteiger partial charge in [-0.15, -0.1) is 8.67 Å². The highest BCUT2D eigenvalue weighted by molar-refractivity contribution is 7.94. The van der Waals surface area contributed by atoms with Crippen LogP contribution in [-0.4, -0.2) is 37.7 Å². The minimum Gasteiger partial charge on any atom is -0.456 e. The molecule has 1 aliphatic heterocycles. The standard InChI is InChI=1S/C36H12N4O11S3/c41-35-15-7-21-27-28-22(47-21)8-16-26-14(34-38-18-4-2-12(53-51-49-44)6-20(18)40(34)36(16)42)10-24-30(32(26)28)29-23(54(24,45)46)9-13(25(15)31(27)29)33-37-17-3-1-11(52-50-48-43)5-19(17)39(33)35/h1-10,43-44H. The van der Waals surface area contributed by atoms with Gasteiger partial charge in [0.1, 0.15) is 22.5 Å². The molecular formula is C36H12N4O11S3. The number of hydrogen-bond donors (Lipinski definition) is 2. The van der Waals surface area contributed by atoms with Crippen molar-refractivity contribution in [1.29, 1.82) is 0 Å². The Morgan fingerprint density at radius 2 is 1.04 bits per heavy atom. The van der Waals surface area contributed by atoms with Crippen LogP contribution in [0.5, 0.6) is 0 Å². The lowest BCUT2D eigenvalue weighted by molar-refractivity contribution is -0.432. The van der Waals surface area contributed by atoms with Crippen molar-refractivity contribution in [2.75, 3.05) is 0 Å². The molecule has 0 amide bonds. The Bertz CT molecular complexity index is 3710. The molecule has 0 unspecified atom stereocenters. The number of hydrogen-bond acceptors (Lipinski definition) is 15. The first-order valence-corrected chi connectivity index (χ1v) is 19.0. The Labute approximate surface area is 303 Å². The van der Waals surface area contributed by atoms with Gasteiger partial charge in [0.2, 0.25) is 9.84 Å². The van der Waals surface area contributed by atoms with Crippen molar-refractivity contribution in [2.45, 2.75) is 19.6 Å². The van der Waals surface area contributed by atoms with E-state index in [1.54, 1.807) is 60.7 Å². The summed E-state index contributed by atoms with van der Waals surface area (Å²) in [6.45, 7) is 0. The lowest BCUT2D eigenvalue weighted by Gasteiger charge is -2.15. The molecule has 0 radical (unpaired) electrons. The van der Waals surface area contributed by atoms with Crippen molar-refractivity contribution in [3.05, 3.63) is 81.4 Å². The van der Waals surface area contributed by atoms with Crippen molar-refractivity contribution >= 4 is 143 Å². The molecule has 13 rings (SSSR count). The van der Waals surface area contributed by atoms with Gasteiger partial charge in [0.25, 0.3) is 11.1 Å². The normalized spacial score (nSPS) is 14.6. The summed E-state index contributed by atoms with van der Waals surface area (Å²) >= 11 is 1.46. The van der Waals surface area contributed by atoms with Crippen LogP contribution in [0.15, 0.2) is 94.3 Å². The summed E-state index contributed by atoms with van der Waals surface area (Å²) in [5.74, 6) is 0. The molecule has 0 bridgehead atoms. The lowest BCUT2D eigenvalue weighted by atomic mass is 9.86. The second kappa shape index (κ2) is 9.51. The van der Waals surface area contributed by atoms with Crippen LogP contribution in [0, 0.1) is 0 Å². The first kappa shape index (κ1) is 29.7. The lowest BCUT2D eigenvalue weighted by Crippen LogP contribution is -2.14. The summed E-state index contributed by atoms with van der Waals surface area (Å²) in [5, 5.41) is 30.9. The Morgan fingerprint density at radius 1 is 0.574 bits per heavy atom. The molecule has 2 N–H and O–H groups in total. The van der Waals surface area contributed by atoms with Crippen molar-refractivity contribution < 1.29 is 42.1 Å². The van der Waals surface area contributed by atoms with E-state index in [2.05, 4.69) is 18.7 Å². The van der Waals surface area contributed by atoms with Gasteiger partial charge in [-0.05, 0) is 60.7 Å². The molecule has 54 heavy (non-hydrogen) atoms. The molecule has 0 spiro atoms. The highest BCUT2D eigenvalue weighted by atomic mass is 32.2.